The van der Waals surface area contributed by atoms with Crippen LogP contribution in [0.5, 0.6) is 0 Å². The molecule has 1 aromatic heterocycles. The average molecular weight is 204 g/mol. The third-order valence-corrected chi connectivity index (χ3v) is 1.93. The number of nitrogens with two attached hydrogens (primary N) is 1. The smallest absolute Gasteiger partial charge is 0.323 e. The van der Waals surface area contributed by atoms with Crippen LogP contribution < -0.4 is 5.73 Å². The number of alkyl halides is 3. The molecule has 2 N–H and O–H groups in total. The highest BCUT2D eigenvalue weighted by molar-refractivity contribution is 5.18. The van der Waals surface area contributed by atoms with E-state index in [0.717, 1.165) is 12.3 Å². The molecule has 1 atom stereocenters. The molecule has 0 aliphatic heterocycles. The van der Waals surface area contributed by atoms with Gasteiger partial charge in [-0.25, -0.2) is 0 Å². The van der Waals surface area contributed by atoms with Gasteiger partial charge in [-0.2, -0.15) is 13.2 Å². The summed E-state index contributed by atoms with van der Waals surface area (Å²) in [6.45, 7) is 1.85. The Labute approximate surface area is 79.9 Å². The van der Waals surface area contributed by atoms with Gasteiger partial charge in [0, 0.05) is 12.2 Å². The molecular formula is C9H11F3N2. The van der Waals surface area contributed by atoms with Crippen molar-refractivity contribution in [2.75, 3.05) is 0 Å². The van der Waals surface area contributed by atoms with Crippen molar-refractivity contribution in [1.29, 1.82) is 0 Å². The molecule has 0 aliphatic carbocycles. The highest BCUT2D eigenvalue weighted by Crippen LogP contribution is 2.28. The summed E-state index contributed by atoms with van der Waals surface area (Å²) in [5.74, 6) is 0. The summed E-state index contributed by atoms with van der Waals surface area (Å²) < 4.78 is 36.4. The van der Waals surface area contributed by atoms with Gasteiger partial charge in [0.25, 0.3) is 0 Å². The number of rotatable bonds is 2. The number of pyridine rings is 1. The van der Waals surface area contributed by atoms with Gasteiger partial charge in [0.1, 0.15) is 0 Å². The summed E-state index contributed by atoms with van der Waals surface area (Å²) in [6, 6.07) is 2.02. The van der Waals surface area contributed by atoms with Crippen LogP contribution in [0.1, 0.15) is 30.6 Å². The molecule has 1 heterocycles. The number of nitrogens with zero attached hydrogens (tertiary/aromatic N) is 1. The molecule has 0 spiro atoms. The van der Waals surface area contributed by atoms with E-state index in [-0.39, 0.29) is 6.04 Å². The second-order valence-electron chi connectivity index (χ2n) is 2.98. The lowest BCUT2D eigenvalue weighted by Crippen LogP contribution is -2.12. The summed E-state index contributed by atoms with van der Waals surface area (Å²) in [7, 11) is 0. The van der Waals surface area contributed by atoms with E-state index in [2.05, 4.69) is 4.98 Å². The molecular weight excluding hydrogens is 193 g/mol. The minimum atomic E-state index is -4.33. The molecule has 0 bridgehead atoms. The number of hydrogen-bond acceptors (Lipinski definition) is 2. The van der Waals surface area contributed by atoms with Gasteiger partial charge in [-0.15, -0.1) is 0 Å². The lowest BCUT2D eigenvalue weighted by atomic mass is 10.1. The molecule has 14 heavy (non-hydrogen) atoms. The topological polar surface area (TPSA) is 38.9 Å². The zero-order valence-electron chi connectivity index (χ0n) is 7.67. The molecule has 78 valence electrons. The van der Waals surface area contributed by atoms with E-state index >= 15 is 0 Å². The predicted octanol–water partition coefficient (Wildman–Crippen LogP) is 2.51. The maximum atomic E-state index is 12.1. The van der Waals surface area contributed by atoms with E-state index in [1.54, 1.807) is 0 Å². The standard InChI is InChI=1S/C9H11F3N2/c1-2-7(13)8-4-3-6(5-14-8)9(10,11)12/h3-5,7H,2,13H2,1H3/t7-/m1/s1. The molecule has 2 nitrogen and oxygen atoms in total. The highest BCUT2D eigenvalue weighted by atomic mass is 19.4. The fraction of sp³-hybridized carbons (Fsp3) is 0.444. The van der Waals surface area contributed by atoms with Gasteiger partial charge in [-0.1, -0.05) is 6.92 Å². The second-order valence-corrected chi connectivity index (χ2v) is 2.98. The normalized spacial score (nSPS) is 14.1. The van der Waals surface area contributed by atoms with Crippen LogP contribution in [0.15, 0.2) is 18.3 Å². The van der Waals surface area contributed by atoms with Crippen LogP contribution in [0.4, 0.5) is 13.2 Å². The lowest BCUT2D eigenvalue weighted by Gasteiger charge is -2.10. The molecule has 5 heteroatoms. The maximum absolute atomic E-state index is 12.1. The molecule has 0 fully saturated rings. The van der Waals surface area contributed by atoms with Gasteiger partial charge in [-0.3, -0.25) is 4.98 Å². The second kappa shape index (κ2) is 3.96. The molecule has 0 aliphatic rings. The number of hydrogen-bond donors (Lipinski definition) is 1. The van der Waals surface area contributed by atoms with Crippen molar-refractivity contribution < 1.29 is 13.2 Å². The van der Waals surface area contributed by atoms with Crippen molar-refractivity contribution in [2.45, 2.75) is 25.6 Å². The van der Waals surface area contributed by atoms with Gasteiger partial charge >= 0.3 is 6.18 Å². The van der Waals surface area contributed by atoms with E-state index in [9.17, 15) is 13.2 Å². The first-order valence-corrected chi connectivity index (χ1v) is 4.24. The largest absolute Gasteiger partial charge is 0.417 e. The average Bonchev–Trinajstić information content (AvgIpc) is 2.15. The van der Waals surface area contributed by atoms with Crippen molar-refractivity contribution >= 4 is 0 Å². The summed E-state index contributed by atoms with van der Waals surface area (Å²) in [5.41, 5.74) is 5.35. The van der Waals surface area contributed by atoms with Crippen LogP contribution in [-0.2, 0) is 6.18 Å². The molecule has 1 rings (SSSR count). The van der Waals surface area contributed by atoms with Gasteiger partial charge < -0.3 is 5.73 Å². The van der Waals surface area contributed by atoms with Gasteiger partial charge in [0.05, 0.1) is 11.3 Å². The zero-order valence-corrected chi connectivity index (χ0v) is 7.67. The molecule has 1 aromatic rings. The Balaban J connectivity index is 2.89. The summed E-state index contributed by atoms with van der Waals surface area (Å²) >= 11 is 0. The molecule has 0 aromatic carbocycles. The van der Waals surface area contributed by atoms with Crippen LogP contribution in [0.25, 0.3) is 0 Å². The molecule has 0 unspecified atom stereocenters. The van der Waals surface area contributed by atoms with E-state index in [0.29, 0.717) is 12.1 Å². The monoisotopic (exact) mass is 204 g/mol. The van der Waals surface area contributed by atoms with Gasteiger partial charge in [0.2, 0.25) is 0 Å². The van der Waals surface area contributed by atoms with Gasteiger partial charge in [-0.05, 0) is 18.6 Å². The Bertz CT molecular complexity index is 292. The van der Waals surface area contributed by atoms with E-state index in [4.69, 9.17) is 5.73 Å². The number of aromatic nitrogens is 1. The van der Waals surface area contributed by atoms with Crippen molar-refractivity contribution in [3.63, 3.8) is 0 Å². The minimum absolute atomic E-state index is 0.294. The van der Waals surface area contributed by atoms with Crippen LogP contribution in [0, 0.1) is 0 Å². The Morgan fingerprint density at radius 1 is 1.43 bits per heavy atom. The first kappa shape index (κ1) is 11.0. The third kappa shape index (κ3) is 2.45. The Morgan fingerprint density at radius 2 is 2.07 bits per heavy atom. The summed E-state index contributed by atoms with van der Waals surface area (Å²) in [6.07, 6.45) is -2.87. The Kier molecular flexibility index (Phi) is 3.10. The SMILES string of the molecule is CC[C@@H](N)c1ccc(C(F)(F)F)cn1. The Hall–Kier alpha value is -1.10. The zero-order chi connectivity index (χ0) is 10.8. The summed E-state index contributed by atoms with van der Waals surface area (Å²) in [4.78, 5) is 3.67. The van der Waals surface area contributed by atoms with Crippen molar-refractivity contribution in [3.8, 4) is 0 Å². The summed E-state index contributed by atoms with van der Waals surface area (Å²) in [5, 5.41) is 0. The Morgan fingerprint density at radius 3 is 2.43 bits per heavy atom. The fourth-order valence-electron chi connectivity index (χ4n) is 1.00. The van der Waals surface area contributed by atoms with Crippen molar-refractivity contribution in [2.24, 2.45) is 5.73 Å². The van der Waals surface area contributed by atoms with E-state index < -0.39 is 11.7 Å². The lowest BCUT2D eigenvalue weighted by molar-refractivity contribution is -0.137. The maximum Gasteiger partial charge on any atom is 0.417 e. The highest BCUT2D eigenvalue weighted by Gasteiger charge is 2.30. The fourth-order valence-corrected chi connectivity index (χ4v) is 1.00. The van der Waals surface area contributed by atoms with Crippen LogP contribution in [-0.4, -0.2) is 4.98 Å². The molecule has 0 amide bonds. The molecule has 0 radical (unpaired) electrons. The molecule has 0 saturated carbocycles. The van der Waals surface area contributed by atoms with E-state index in [1.807, 2.05) is 6.92 Å². The third-order valence-electron chi connectivity index (χ3n) is 1.93. The number of halogens is 3. The van der Waals surface area contributed by atoms with Crippen LogP contribution in [0.2, 0.25) is 0 Å². The predicted molar refractivity (Wildman–Crippen MR) is 46.5 cm³/mol. The van der Waals surface area contributed by atoms with Crippen molar-refractivity contribution in [1.82, 2.24) is 4.98 Å². The molecule has 0 saturated heterocycles. The van der Waals surface area contributed by atoms with Crippen LogP contribution in [0.3, 0.4) is 0 Å². The van der Waals surface area contributed by atoms with Crippen LogP contribution >= 0.6 is 0 Å². The minimum Gasteiger partial charge on any atom is -0.323 e. The van der Waals surface area contributed by atoms with E-state index in [1.165, 1.54) is 6.07 Å². The van der Waals surface area contributed by atoms with Crippen molar-refractivity contribution in [3.05, 3.63) is 29.6 Å². The first-order valence-electron chi connectivity index (χ1n) is 4.24. The van der Waals surface area contributed by atoms with Gasteiger partial charge in [0.15, 0.2) is 0 Å². The first-order chi connectivity index (χ1) is 6.45. The quantitative estimate of drug-likeness (QED) is 0.803.